The highest BCUT2D eigenvalue weighted by atomic mass is 35.5. The van der Waals surface area contributed by atoms with Gasteiger partial charge < -0.3 is 0 Å². The quantitative estimate of drug-likeness (QED) is 0.678. The fourth-order valence-corrected chi connectivity index (χ4v) is 3.80. The van der Waals surface area contributed by atoms with Crippen molar-refractivity contribution in [1.29, 1.82) is 0 Å². The number of fused-ring (bicyclic) bond motifs is 1. The first-order chi connectivity index (χ1) is 9.13. The molecule has 0 aliphatic heterocycles. The molecular formula is C11H8Cl2N4S2. The first kappa shape index (κ1) is 13.2. The van der Waals surface area contributed by atoms with Crippen molar-refractivity contribution in [2.75, 3.05) is 0 Å². The van der Waals surface area contributed by atoms with E-state index in [9.17, 15) is 0 Å². The molecule has 8 heteroatoms. The molecule has 19 heavy (non-hydrogen) atoms. The maximum Gasteiger partial charge on any atom is 0.196 e. The van der Waals surface area contributed by atoms with Crippen LogP contribution in [0.3, 0.4) is 0 Å². The van der Waals surface area contributed by atoms with E-state index in [1.807, 2.05) is 12.3 Å². The Kier molecular flexibility index (Phi) is 3.66. The number of pyridine rings is 1. The van der Waals surface area contributed by atoms with Gasteiger partial charge in [0.2, 0.25) is 0 Å². The molecule has 3 aromatic rings. The molecule has 0 saturated carbocycles. The molecule has 0 saturated heterocycles. The summed E-state index contributed by atoms with van der Waals surface area (Å²) in [6.07, 6.45) is 1.76. The highest BCUT2D eigenvalue weighted by Crippen LogP contribution is 2.27. The van der Waals surface area contributed by atoms with E-state index in [1.54, 1.807) is 39.8 Å². The van der Waals surface area contributed by atoms with E-state index >= 15 is 0 Å². The lowest BCUT2D eigenvalue weighted by atomic mass is 10.5. The average molecular weight is 331 g/mol. The van der Waals surface area contributed by atoms with E-state index in [4.69, 9.17) is 23.2 Å². The van der Waals surface area contributed by atoms with Crippen molar-refractivity contribution in [3.05, 3.63) is 38.4 Å². The number of aryl methyl sites for hydroxylation is 1. The number of nitrogens with zero attached hydrogens (tertiary/aromatic N) is 4. The Morgan fingerprint density at radius 1 is 1.37 bits per heavy atom. The molecule has 0 bridgehead atoms. The third-order valence-electron chi connectivity index (χ3n) is 2.39. The lowest BCUT2D eigenvalue weighted by Crippen LogP contribution is -1.89. The van der Waals surface area contributed by atoms with E-state index < -0.39 is 0 Å². The monoisotopic (exact) mass is 330 g/mol. The van der Waals surface area contributed by atoms with Crippen molar-refractivity contribution in [2.45, 2.75) is 17.8 Å². The van der Waals surface area contributed by atoms with E-state index in [0.29, 0.717) is 15.7 Å². The second-order valence-corrected chi connectivity index (χ2v) is 6.58. The molecular weight excluding hydrogens is 323 g/mol. The van der Waals surface area contributed by atoms with Crippen LogP contribution in [0, 0.1) is 6.92 Å². The molecule has 0 aliphatic rings. The van der Waals surface area contributed by atoms with Gasteiger partial charge >= 0.3 is 0 Å². The van der Waals surface area contributed by atoms with Gasteiger partial charge in [0.15, 0.2) is 10.8 Å². The first-order valence-electron chi connectivity index (χ1n) is 5.37. The third kappa shape index (κ3) is 2.72. The summed E-state index contributed by atoms with van der Waals surface area (Å²) in [5, 5.41) is 13.1. The molecule has 0 radical (unpaired) electrons. The molecule has 98 valence electrons. The Balaban J connectivity index is 1.89. The first-order valence-corrected chi connectivity index (χ1v) is 7.99. The third-order valence-corrected chi connectivity index (χ3v) is 4.98. The maximum absolute atomic E-state index is 6.07. The summed E-state index contributed by atoms with van der Waals surface area (Å²) in [6, 6.07) is 1.66. The van der Waals surface area contributed by atoms with Crippen LogP contribution in [0.15, 0.2) is 22.8 Å². The minimum absolute atomic E-state index is 0.497. The Morgan fingerprint density at radius 3 is 2.95 bits per heavy atom. The van der Waals surface area contributed by atoms with E-state index in [1.165, 1.54) is 0 Å². The molecule has 0 amide bonds. The van der Waals surface area contributed by atoms with Crippen LogP contribution in [-0.2, 0) is 5.75 Å². The molecule has 0 atom stereocenters. The van der Waals surface area contributed by atoms with Crippen LogP contribution < -0.4 is 0 Å². The number of rotatable bonds is 3. The van der Waals surface area contributed by atoms with Gasteiger partial charge in [0, 0.05) is 17.3 Å². The summed E-state index contributed by atoms with van der Waals surface area (Å²) in [4.78, 5) is 4.41. The zero-order valence-electron chi connectivity index (χ0n) is 9.80. The van der Waals surface area contributed by atoms with Crippen LogP contribution >= 0.6 is 46.3 Å². The fourth-order valence-electron chi connectivity index (χ4n) is 1.60. The van der Waals surface area contributed by atoms with Gasteiger partial charge in [0.1, 0.15) is 5.01 Å². The molecule has 4 nitrogen and oxygen atoms in total. The second kappa shape index (κ2) is 5.28. The number of thiazole rings is 1. The number of hydrogen-bond acceptors (Lipinski definition) is 5. The maximum atomic E-state index is 6.07. The van der Waals surface area contributed by atoms with Crippen LogP contribution in [0.4, 0.5) is 0 Å². The van der Waals surface area contributed by atoms with Gasteiger partial charge in [-0.05, 0) is 13.0 Å². The van der Waals surface area contributed by atoms with Crippen molar-refractivity contribution < 1.29 is 0 Å². The minimum Gasteiger partial charge on any atom is -0.275 e. The Hall–Kier alpha value is -0.820. The number of hydrogen-bond donors (Lipinski definition) is 0. The summed E-state index contributed by atoms with van der Waals surface area (Å²) in [5.41, 5.74) is 1.65. The summed E-state index contributed by atoms with van der Waals surface area (Å²) < 4.78 is 1.80. The van der Waals surface area contributed by atoms with Crippen molar-refractivity contribution in [2.24, 2.45) is 0 Å². The van der Waals surface area contributed by atoms with E-state index in [0.717, 1.165) is 21.6 Å². The molecule has 0 aromatic carbocycles. The largest absolute Gasteiger partial charge is 0.275 e. The average Bonchev–Trinajstić information content (AvgIpc) is 2.93. The SMILES string of the molecule is Cc1csc(CSc2nnc3c(Cl)cc(Cl)cn23)n1. The summed E-state index contributed by atoms with van der Waals surface area (Å²) in [6.45, 7) is 1.98. The lowest BCUT2D eigenvalue weighted by Gasteiger charge is -2.00. The lowest BCUT2D eigenvalue weighted by molar-refractivity contribution is 0.920. The van der Waals surface area contributed by atoms with Gasteiger partial charge in [-0.1, -0.05) is 35.0 Å². The summed E-state index contributed by atoms with van der Waals surface area (Å²) >= 11 is 15.3. The predicted octanol–water partition coefficient (Wildman–Crippen LogP) is 4.09. The zero-order chi connectivity index (χ0) is 13.4. The molecule has 0 fully saturated rings. The second-order valence-electron chi connectivity index (χ2n) is 3.85. The van der Waals surface area contributed by atoms with Gasteiger partial charge in [0.25, 0.3) is 0 Å². The van der Waals surface area contributed by atoms with Crippen molar-refractivity contribution in [1.82, 2.24) is 19.6 Å². The Morgan fingerprint density at radius 2 is 2.21 bits per heavy atom. The highest BCUT2D eigenvalue weighted by molar-refractivity contribution is 7.98. The van der Waals surface area contributed by atoms with Gasteiger partial charge in [-0.25, -0.2) is 4.98 Å². The van der Waals surface area contributed by atoms with Crippen LogP contribution in [0.2, 0.25) is 10.0 Å². The van der Waals surface area contributed by atoms with Gasteiger partial charge in [-0.15, -0.1) is 21.5 Å². The zero-order valence-corrected chi connectivity index (χ0v) is 12.9. The molecule has 0 spiro atoms. The number of thioether (sulfide) groups is 1. The fraction of sp³-hybridized carbons (Fsp3) is 0.182. The van der Waals surface area contributed by atoms with E-state index in [2.05, 4.69) is 15.2 Å². The topological polar surface area (TPSA) is 43.1 Å². The normalized spacial score (nSPS) is 11.3. The van der Waals surface area contributed by atoms with Crippen molar-refractivity contribution >= 4 is 51.9 Å². The standard InChI is InChI=1S/C11H8Cl2N4S2/c1-6-4-18-9(14-6)5-19-11-16-15-10-8(13)2-7(12)3-17(10)11/h2-4H,5H2,1H3. The predicted molar refractivity (Wildman–Crippen MR) is 79.4 cm³/mol. The van der Waals surface area contributed by atoms with Gasteiger partial charge in [-0.3, -0.25) is 4.40 Å². The van der Waals surface area contributed by atoms with E-state index in [-0.39, 0.29) is 0 Å². The molecule has 0 N–H and O–H groups in total. The van der Waals surface area contributed by atoms with Crippen molar-refractivity contribution in [3.8, 4) is 0 Å². The molecule has 3 rings (SSSR count). The Labute approximate surface area is 127 Å². The minimum atomic E-state index is 0.497. The Bertz CT molecular complexity index is 737. The van der Waals surface area contributed by atoms with Crippen LogP contribution in [0.25, 0.3) is 5.65 Å². The molecule has 0 aliphatic carbocycles. The molecule has 3 aromatic heterocycles. The van der Waals surface area contributed by atoms with Gasteiger partial charge in [-0.2, -0.15) is 0 Å². The smallest absolute Gasteiger partial charge is 0.196 e. The molecule has 3 heterocycles. The van der Waals surface area contributed by atoms with Gasteiger partial charge in [0.05, 0.1) is 15.8 Å². The molecule has 0 unspecified atom stereocenters. The van der Waals surface area contributed by atoms with Crippen LogP contribution in [-0.4, -0.2) is 19.6 Å². The number of halogens is 2. The summed E-state index contributed by atoms with van der Waals surface area (Å²) in [7, 11) is 0. The van der Waals surface area contributed by atoms with Crippen molar-refractivity contribution in [3.63, 3.8) is 0 Å². The number of aromatic nitrogens is 4. The van der Waals surface area contributed by atoms with Crippen LogP contribution in [0.5, 0.6) is 0 Å². The highest BCUT2D eigenvalue weighted by Gasteiger charge is 2.11. The summed E-state index contributed by atoms with van der Waals surface area (Å²) in [5.74, 6) is 0.753. The van der Waals surface area contributed by atoms with Crippen LogP contribution in [0.1, 0.15) is 10.7 Å².